The molecule has 3 rings (SSSR count). The first-order valence-corrected chi connectivity index (χ1v) is 10.3. The predicted octanol–water partition coefficient (Wildman–Crippen LogP) is 4.46. The SMILES string of the molecule is CCCCN1C(=O)/C(=C/C=C/c2ccccc2)C(=O)N(CCc2ccccc2)C1=O. The molecule has 154 valence electrons. The van der Waals surface area contributed by atoms with Gasteiger partial charge in [0.1, 0.15) is 5.57 Å². The van der Waals surface area contributed by atoms with E-state index in [0.717, 1.165) is 17.5 Å². The summed E-state index contributed by atoms with van der Waals surface area (Å²) in [7, 11) is 0. The number of allylic oxidation sites excluding steroid dienone is 2. The number of imide groups is 2. The van der Waals surface area contributed by atoms with Crippen molar-refractivity contribution in [1.82, 2.24) is 9.80 Å². The number of carbonyl (C=O) groups is 3. The second kappa shape index (κ2) is 10.3. The standard InChI is InChI=1S/C25H26N2O3/c1-2-3-18-26-23(28)22(16-10-15-20-11-6-4-7-12-20)24(29)27(25(26)30)19-17-21-13-8-5-9-14-21/h4-16H,2-3,17-19H2,1H3/b15-10+,22-16-. The molecule has 0 aromatic heterocycles. The van der Waals surface area contributed by atoms with Crippen molar-refractivity contribution in [3.8, 4) is 0 Å². The Labute approximate surface area is 177 Å². The molecule has 0 saturated carbocycles. The summed E-state index contributed by atoms with van der Waals surface area (Å²) in [5.74, 6) is -1.06. The molecule has 0 unspecified atom stereocenters. The van der Waals surface area contributed by atoms with Gasteiger partial charge in [-0.2, -0.15) is 0 Å². The summed E-state index contributed by atoms with van der Waals surface area (Å²) in [6, 6.07) is 18.8. The normalized spacial score (nSPS) is 16.2. The third-order valence-corrected chi connectivity index (χ3v) is 4.97. The van der Waals surface area contributed by atoms with Crippen LogP contribution in [0.3, 0.4) is 0 Å². The van der Waals surface area contributed by atoms with Crippen molar-refractivity contribution in [3.63, 3.8) is 0 Å². The number of barbiturate groups is 1. The van der Waals surface area contributed by atoms with Crippen molar-refractivity contribution in [2.24, 2.45) is 0 Å². The molecular weight excluding hydrogens is 376 g/mol. The minimum Gasteiger partial charge on any atom is -0.268 e. The predicted molar refractivity (Wildman–Crippen MR) is 117 cm³/mol. The zero-order valence-electron chi connectivity index (χ0n) is 17.2. The van der Waals surface area contributed by atoms with Crippen LogP contribution in [-0.2, 0) is 16.0 Å². The first-order valence-electron chi connectivity index (χ1n) is 10.3. The smallest absolute Gasteiger partial charge is 0.268 e. The molecule has 5 heteroatoms. The van der Waals surface area contributed by atoms with Gasteiger partial charge in [-0.25, -0.2) is 4.79 Å². The largest absolute Gasteiger partial charge is 0.333 e. The molecule has 5 nitrogen and oxygen atoms in total. The van der Waals surface area contributed by atoms with E-state index < -0.39 is 17.8 Å². The van der Waals surface area contributed by atoms with Gasteiger partial charge in [-0.3, -0.25) is 19.4 Å². The van der Waals surface area contributed by atoms with Crippen LogP contribution in [-0.4, -0.2) is 40.7 Å². The molecule has 4 amide bonds. The van der Waals surface area contributed by atoms with E-state index in [1.165, 1.54) is 15.9 Å². The lowest BCUT2D eigenvalue weighted by atomic mass is 10.1. The number of rotatable bonds is 8. The van der Waals surface area contributed by atoms with Crippen LogP contribution in [0.15, 0.2) is 78.4 Å². The van der Waals surface area contributed by atoms with Crippen molar-refractivity contribution < 1.29 is 14.4 Å². The lowest BCUT2D eigenvalue weighted by molar-refractivity contribution is -0.135. The third kappa shape index (κ3) is 5.11. The fourth-order valence-electron chi connectivity index (χ4n) is 3.26. The Morgan fingerprint density at radius 1 is 0.800 bits per heavy atom. The molecule has 0 atom stereocenters. The van der Waals surface area contributed by atoms with Crippen LogP contribution in [0.1, 0.15) is 30.9 Å². The molecule has 1 saturated heterocycles. The molecule has 30 heavy (non-hydrogen) atoms. The van der Waals surface area contributed by atoms with Gasteiger partial charge in [-0.05, 0) is 30.0 Å². The van der Waals surface area contributed by atoms with Crippen LogP contribution in [0.5, 0.6) is 0 Å². The average molecular weight is 402 g/mol. The molecule has 0 aliphatic carbocycles. The Morgan fingerprint density at radius 3 is 2.03 bits per heavy atom. The van der Waals surface area contributed by atoms with Gasteiger partial charge in [0, 0.05) is 13.1 Å². The van der Waals surface area contributed by atoms with Gasteiger partial charge < -0.3 is 0 Å². The van der Waals surface area contributed by atoms with Crippen molar-refractivity contribution in [1.29, 1.82) is 0 Å². The second-order valence-corrected chi connectivity index (χ2v) is 7.14. The molecule has 0 radical (unpaired) electrons. The van der Waals surface area contributed by atoms with Crippen LogP contribution in [0.4, 0.5) is 4.79 Å². The molecule has 2 aromatic rings. The molecule has 0 N–H and O–H groups in total. The number of hydrogen-bond acceptors (Lipinski definition) is 3. The summed E-state index contributed by atoms with van der Waals surface area (Å²) in [5.41, 5.74) is 2.01. The summed E-state index contributed by atoms with van der Waals surface area (Å²) in [4.78, 5) is 41.1. The van der Waals surface area contributed by atoms with E-state index >= 15 is 0 Å². The highest BCUT2D eigenvalue weighted by Crippen LogP contribution is 2.19. The Morgan fingerprint density at radius 2 is 1.40 bits per heavy atom. The van der Waals surface area contributed by atoms with Crippen molar-refractivity contribution in [2.45, 2.75) is 26.2 Å². The number of amides is 4. The Bertz CT molecular complexity index is 949. The van der Waals surface area contributed by atoms with Crippen molar-refractivity contribution >= 4 is 23.9 Å². The highest BCUT2D eigenvalue weighted by molar-refractivity contribution is 6.28. The fourth-order valence-corrected chi connectivity index (χ4v) is 3.26. The summed E-state index contributed by atoms with van der Waals surface area (Å²) in [5, 5.41) is 0. The Kier molecular flexibility index (Phi) is 7.33. The molecule has 1 heterocycles. The maximum absolute atomic E-state index is 13.0. The second-order valence-electron chi connectivity index (χ2n) is 7.14. The van der Waals surface area contributed by atoms with Crippen LogP contribution in [0, 0.1) is 0 Å². The number of unbranched alkanes of at least 4 members (excludes halogenated alkanes) is 1. The molecule has 2 aromatic carbocycles. The summed E-state index contributed by atoms with van der Waals surface area (Å²) < 4.78 is 0. The van der Waals surface area contributed by atoms with E-state index in [0.29, 0.717) is 19.4 Å². The lowest BCUT2D eigenvalue weighted by Crippen LogP contribution is -2.56. The van der Waals surface area contributed by atoms with Gasteiger partial charge in [0.05, 0.1) is 0 Å². The highest BCUT2D eigenvalue weighted by atomic mass is 16.2. The maximum Gasteiger partial charge on any atom is 0.333 e. The fraction of sp³-hybridized carbons (Fsp3) is 0.240. The maximum atomic E-state index is 13.0. The van der Waals surface area contributed by atoms with Gasteiger partial charge in [-0.1, -0.05) is 86.2 Å². The van der Waals surface area contributed by atoms with E-state index in [-0.39, 0.29) is 12.1 Å². The first-order chi connectivity index (χ1) is 14.6. The number of benzene rings is 2. The van der Waals surface area contributed by atoms with Crippen molar-refractivity contribution in [3.05, 3.63) is 89.5 Å². The average Bonchev–Trinajstić information content (AvgIpc) is 2.77. The van der Waals surface area contributed by atoms with E-state index in [1.54, 1.807) is 6.08 Å². The van der Waals surface area contributed by atoms with Crippen LogP contribution < -0.4 is 0 Å². The van der Waals surface area contributed by atoms with E-state index in [9.17, 15) is 14.4 Å². The van der Waals surface area contributed by atoms with Crippen LogP contribution in [0.25, 0.3) is 6.08 Å². The topological polar surface area (TPSA) is 57.7 Å². The van der Waals surface area contributed by atoms with E-state index in [4.69, 9.17) is 0 Å². The molecule has 0 spiro atoms. The van der Waals surface area contributed by atoms with Crippen LogP contribution >= 0.6 is 0 Å². The Balaban J connectivity index is 1.83. The zero-order chi connectivity index (χ0) is 21.3. The molecule has 1 fully saturated rings. The van der Waals surface area contributed by atoms with Gasteiger partial charge in [-0.15, -0.1) is 0 Å². The summed E-state index contributed by atoms with van der Waals surface area (Å²) in [6.45, 7) is 2.54. The van der Waals surface area contributed by atoms with Crippen LogP contribution in [0.2, 0.25) is 0 Å². The number of carbonyl (C=O) groups excluding carboxylic acids is 3. The van der Waals surface area contributed by atoms with Gasteiger partial charge >= 0.3 is 6.03 Å². The summed E-state index contributed by atoms with van der Waals surface area (Å²) in [6.07, 6.45) is 7.12. The van der Waals surface area contributed by atoms with E-state index in [1.807, 2.05) is 73.7 Å². The molecule has 1 aliphatic rings. The monoisotopic (exact) mass is 402 g/mol. The van der Waals surface area contributed by atoms with Gasteiger partial charge in [0.25, 0.3) is 11.8 Å². The molecule has 0 bridgehead atoms. The quantitative estimate of drug-likeness (QED) is 0.484. The third-order valence-electron chi connectivity index (χ3n) is 4.97. The zero-order valence-corrected chi connectivity index (χ0v) is 17.2. The number of nitrogens with zero attached hydrogens (tertiary/aromatic N) is 2. The number of hydrogen-bond donors (Lipinski definition) is 0. The minimum atomic E-state index is -0.536. The lowest BCUT2D eigenvalue weighted by Gasteiger charge is -2.34. The number of urea groups is 1. The van der Waals surface area contributed by atoms with Crippen molar-refractivity contribution in [2.75, 3.05) is 13.1 Å². The minimum absolute atomic E-state index is 0.0194. The molecular formula is C25H26N2O3. The Hall–Kier alpha value is -3.47. The highest BCUT2D eigenvalue weighted by Gasteiger charge is 2.41. The van der Waals surface area contributed by atoms with Gasteiger partial charge in [0.2, 0.25) is 0 Å². The van der Waals surface area contributed by atoms with E-state index in [2.05, 4.69) is 0 Å². The first kappa shape index (κ1) is 21.2. The molecule has 1 aliphatic heterocycles. The summed E-state index contributed by atoms with van der Waals surface area (Å²) >= 11 is 0. The van der Waals surface area contributed by atoms with Gasteiger partial charge in [0.15, 0.2) is 0 Å².